The fourth-order valence-electron chi connectivity index (χ4n) is 3.81. The Hall–Kier alpha value is -4.60. The molecule has 0 atom stereocenters. The fraction of sp³-hybridized carbons (Fsp3) is 0. The number of hydrogen-bond donors (Lipinski definition) is 2. The van der Waals surface area contributed by atoms with E-state index in [2.05, 4.69) is 15.6 Å². The predicted octanol–water partition coefficient (Wildman–Crippen LogP) is 6.74. The molecule has 0 aliphatic rings. The van der Waals surface area contributed by atoms with Crippen molar-refractivity contribution < 1.29 is 14.1 Å². The Morgan fingerprint density at radius 2 is 1.81 bits per heavy atom. The molecule has 4 aromatic carbocycles. The smallest absolute Gasteiger partial charge is 0.270 e. The van der Waals surface area contributed by atoms with Crippen molar-refractivity contribution in [3.8, 4) is 11.5 Å². The summed E-state index contributed by atoms with van der Waals surface area (Å²) >= 11 is 11.6. The number of nitrogens with one attached hydrogen (secondary N) is 2. The lowest BCUT2D eigenvalue weighted by molar-refractivity contribution is -0.384. The number of hydrogen-bond acceptors (Lipinski definition) is 6. The van der Waals surface area contributed by atoms with Gasteiger partial charge in [0.2, 0.25) is 11.8 Å². The van der Waals surface area contributed by atoms with Crippen LogP contribution in [0.15, 0.2) is 89.4 Å². The van der Waals surface area contributed by atoms with E-state index in [9.17, 15) is 14.9 Å². The summed E-state index contributed by atoms with van der Waals surface area (Å²) in [6.45, 7) is 0. The van der Waals surface area contributed by atoms with Gasteiger partial charge in [-0.1, -0.05) is 48.0 Å². The van der Waals surface area contributed by atoms with Crippen molar-refractivity contribution in [1.82, 2.24) is 10.3 Å². The molecule has 37 heavy (non-hydrogen) atoms. The maximum Gasteiger partial charge on any atom is 0.270 e. The highest BCUT2D eigenvalue weighted by Crippen LogP contribution is 2.34. The third kappa shape index (κ3) is 5.32. The van der Waals surface area contributed by atoms with Gasteiger partial charge in [-0.2, -0.15) is 0 Å². The van der Waals surface area contributed by atoms with Crippen LogP contribution < -0.4 is 10.6 Å². The number of oxazole rings is 1. The van der Waals surface area contributed by atoms with Gasteiger partial charge in [-0.25, -0.2) is 4.98 Å². The Balaban J connectivity index is 1.29. The van der Waals surface area contributed by atoms with Gasteiger partial charge < -0.3 is 9.73 Å². The summed E-state index contributed by atoms with van der Waals surface area (Å²) in [4.78, 5) is 27.3. The second-order valence-electron chi connectivity index (χ2n) is 7.97. The molecule has 0 aliphatic heterocycles. The Morgan fingerprint density at radius 3 is 2.65 bits per heavy atom. The number of halogens is 1. The molecule has 1 amide bonds. The van der Waals surface area contributed by atoms with E-state index < -0.39 is 10.8 Å². The Kier molecular flexibility index (Phi) is 6.63. The van der Waals surface area contributed by atoms with Crippen molar-refractivity contribution in [3.05, 3.63) is 106 Å². The van der Waals surface area contributed by atoms with Crippen LogP contribution in [0.5, 0.6) is 0 Å². The molecule has 1 heterocycles. The zero-order valence-corrected chi connectivity index (χ0v) is 20.5. The van der Waals surface area contributed by atoms with E-state index in [0.29, 0.717) is 33.3 Å². The number of anilines is 1. The van der Waals surface area contributed by atoms with Crippen LogP contribution in [0.3, 0.4) is 0 Å². The number of fused-ring (bicyclic) bond motifs is 2. The van der Waals surface area contributed by atoms with Crippen LogP contribution in [0.2, 0.25) is 5.02 Å². The number of thiocarbonyl (C=S) groups is 1. The summed E-state index contributed by atoms with van der Waals surface area (Å²) in [5, 5.41) is 19.0. The standard InChI is InChI=1S/C27H17ClN4O4S/c28-22-9-3-6-19-20(22)7-2-8-21(19)26-30-23-15-17(11-12-24(23)36-26)29-27(37)31-25(33)13-10-16-4-1-5-18(14-16)32(34)35/h1-15H,(H2,29,31,33,37). The normalized spacial score (nSPS) is 11.2. The lowest BCUT2D eigenvalue weighted by Gasteiger charge is -2.07. The summed E-state index contributed by atoms with van der Waals surface area (Å²) in [6.07, 6.45) is 2.71. The van der Waals surface area contributed by atoms with E-state index in [1.54, 1.807) is 30.3 Å². The van der Waals surface area contributed by atoms with E-state index in [4.69, 9.17) is 28.2 Å². The number of nitro groups is 1. The van der Waals surface area contributed by atoms with Crippen molar-refractivity contribution in [2.75, 3.05) is 5.32 Å². The number of nitro benzene ring substituents is 1. The molecule has 182 valence electrons. The van der Waals surface area contributed by atoms with E-state index in [-0.39, 0.29) is 10.8 Å². The first kappa shape index (κ1) is 24.1. The molecular formula is C27H17ClN4O4S. The van der Waals surface area contributed by atoms with Crippen molar-refractivity contribution in [2.45, 2.75) is 0 Å². The molecule has 2 N–H and O–H groups in total. The maximum absolute atomic E-state index is 12.2. The molecule has 10 heteroatoms. The number of carbonyl (C=O) groups is 1. The van der Waals surface area contributed by atoms with Crippen LogP contribution >= 0.6 is 23.8 Å². The highest BCUT2D eigenvalue weighted by Gasteiger charge is 2.13. The number of rotatable bonds is 5. The molecule has 0 bridgehead atoms. The van der Waals surface area contributed by atoms with Crippen LogP contribution in [0.4, 0.5) is 11.4 Å². The zero-order valence-electron chi connectivity index (χ0n) is 19.0. The molecular weight excluding hydrogens is 512 g/mol. The van der Waals surface area contributed by atoms with E-state index in [1.807, 2.05) is 36.4 Å². The monoisotopic (exact) mass is 528 g/mol. The molecule has 5 rings (SSSR count). The number of benzene rings is 4. The molecule has 0 saturated carbocycles. The molecule has 5 aromatic rings. The van der Waals surface area contributed by atoms with Gasteiger partial charge in [0.1, 0.15) is 5.52 Å². The van der Waals surface area contributed by atoms with Gasteiger partial charge in [-0.3, -0.25) is 20.2 Å². The van der Waals surface area contributed by atoms with Gasteiger partial charge in [0.05, 0.1) is 4.92 Å². The lowest BCUT2D eigenvalue weighted by atomic mass is 10.0. The number of amides is 1. The molecule has 0 aliphatic carbocycles. The van der Waals surface area contributed by atoms with Crippen LogP contribution in [-0.4, -0.2) is 20.9 Å². The van der Waals surface area contributed by atoms with Crippen molar-refractivity contribution in [1.29, 1.82) is 0 Å². The van der Waals surface area contributed by atoms with Crippen molar-refractivity contribution in [2.24, 2.45) is 0 Å². The Bertz CT molecular complexity index is 1730. The number of carbonyl (C=O) groups excluding carboxylic acids is 1. The van der Waals surface area contributed by atoms with E-state index >= 15 is 0 Å². The third-order valence-corrected chi connectivity index (χ3v) is 6.02. The van der Waals surface area contributed by atoms with E-state index in [1.165, 1.54) is 24.3 Å². The highest BCUT2D eigenvalue weighted by molar-refractivity contribution is 7.80. The van der Waals surface area contributed by atoms with Crippen LogP contribution in [0, 0.1) is 10.1 Å². The molecule has 1 aromatic heterocycles. The van der Waals surface area contributed by atoms with Crippen molar-refractivity contribution in [3.63, 3.8) is 0 Å². The van der Waals surface area contributed by atoms with Crippen LogP contribution in [0.25, 0.3) is 39.4 Å². The second-order valence-corrected chi connectivity index (χ2v) is 8.79. The van der Waals surface area contributed by atoms with Gasteiger partial charge in [0.15, 0.2) is 10.7 Å². The quantitative estimate of drug-likeness (QED) is 0.112. The minimum absolute atomic E-state index is 0.0598. The molecule has 0 saturated heterocycles. The topological polar surface area (TPSA) is 110 Å². The number of non-ortho nitro benzene ring substituents is 1. The molecule has 0 unspecified atom stereocenters. The van der Waals surface area contributed by atoms with E-state index in [0.717, 1.165) is 16.3 Å². The van der Waals surface area contributed by atoms with Gasteiger partial charge in [-0.05, 0) is 59.6 Å². The second kappa shape index (κ2) is 10.2. The SMILES string of the molecule is O=C(C=Cc1cccc([N+](=O)[O-])c1)NC(=S)Nc1ccc2oc(-c3cccc4c(Cl)cccc34)nc2c1. The van der Waals surface area contributed by atoms with Crippen molar-refractivity contribution >= 4 is 74.2 Å². The summed E-state index contributed by atoms with van der Waals surface area (Å²) in [5.74, 6) is -0.0226. The van der Waals surface area contributed by atoms with Gasteiger partial charge >= 0.3 is 0 Å². The first-order valence-corrected chi connectivity index (χ1v) is 11.8. The molecule has 0 spiro atoms. The third-order valence-electron chi connectivity index (χ3n) is 5.49. The molecule has 8 nitrogen and oxygen atoms in total. The molecule has 0 radical (unpaired) electrons. The highest BCUT2D eigenvalue weighted by atomic mass is 35.5. The summed E-state index contributed by atoms with van der Waals surface area (Å²) < 4.78 is 5.99. The Morgan fingerprint density at radius 1 is 1.03 bits per heavy atom. The number of aromatic nitrogens is 1. The average Bonchev–Trinajstić information content (AvgIpc) is 3.31. The van der Waals surface area contributed by atoms with Crippen LogP contribution in [-0.2, 0) is 4.79 Å². The number of nitrogens with zero attached hydrogens (tertiary/aromatic N) is 2. The van der Waals surface area contributed by atoms with Crippen LogP contribution in [0.1, 0.15) is 5.56 Å². The minimum Gasteiger partial charge on any atom is -0.436 e. The predicted molar refractivity (Wildman–Crippen MR) is 148 cm³/mol. The summed E-state index contributed by atoms with van der Waals surface area (Å²) in [7, 11) is 0. The largest absolute Gasteiger partial charge is 0.436 e. The fourth-order valence-corrected chi connectivity index (χ4v) is 4.26. The van der Waals surface area contributed by atoms with Gasteiger partial charge in [0.25, 0.3) is 5.69 Å². The Labute approximate surface area is 220 Å². The zero-order chi connectivity index (χ0) is 25.9. The van der Waals surface area contributed by atoms with Gasteiger partial charge in [-0.15, -0.1) is 0 Å². The maximum atomic E-state index is 12.2. The molecule has 0 fully saturated rings. The minimum atomic E-state index is -0.497. The average molecular weight is 529 g/mol. The first-order valence-electron chi connectivity index (χ1n) is 11.0. The lowest BCUT2D eigenvalue weighted by Crippen LogP contribution is -2.32. The summed E-state index contributed by atoms with van der Waals surface area (Å²) in [6, 6.07) is 22.7. The van der Waals surface area contributed by atoms with Gasteiger partial charge in [0, 0.05) is 39.9 Å². The first-order chi connectivity index (χ1) is 17.9. The summed E-state index contributed by atoms with van der Waals surface area (Å²) in [5.41, 5.74) is 3.10.